The number of pyridine rings is 1. The summed E-state index contributed by atoms with van der Waals surface area (Å²) in [5.41, 5.74) is 2.86. The Morgan fingerprint density at radius 2 is 2.27 bits per heavy atom. The lowest BCUT2D eigenvalue weighted by atomic mass is 9.91. The number of likely N-dealkylation sites (tertiary alicyclic amines) is 1. The van der Waals surface area contributed by atoms with Crippen LogP contribution in [-0.2, 0) is 11.2 Å². The van der Waals surface area contributed by atoms with Crippen LogP contribution in [0.15, 0.2) is 24.5 Å². The zero-order valence-electron chi connectivity index (χ0n) is 15.0. The third kappa shape index (κ3) is 2.14. The second-order valence-corrected chi connectivity index (χ2v) is 8.03. The second kappa shape index (κ2) is 5.44. The molecule has 0 unspecified atom stereocenters. The van der Waals surface area contributed by atoms with Crippen LogP contribution in [-0.4, -0.2) is 33.4 Å². The van der Waals surface area contributed by atoms with E-state index >= 15 is 0 Å². The van der Waals surface area contributed by atoms with Gasteiger partial charge < -0.3 is 9.47 Å². The molecule has 5 heteroatoms. The number of hydrogen-bond donors (Lipinski definition) is 0. The fourth-order valence-electron chi connectivity index (χ4n) is 4.51. The third-order valence-corrected chi connectivity index (χ3v) is 6.40. The summed E-state index contributed by atoms with van der Waals surface area (Å²) in [4.78, 5) is 19.4. The lowest BCUT2D eigenvalue weighted by Gasteiger charge is -2.39. The van der Waals surface area contributed by atoms with Gasteiger partial charge in [-0.15, -0.1) is 0 Å². The highest BCUT2D eigenvalue weighted by molar-refractivity contribution is 5.90. The van der Waals surface area contributed by atoms with Crippen LogP contribution in [0.4, 0.5) is 0 Å². The van der Waals surface area contributed by atoms with Gasteiger partial charge in [-0.25, -0.2) is 0 Å². The van der Waals surface area contributed by atoms with Gasteiger partial charge in [0, 0.05) is 42.9 Å². The molecule has 2 aliphatic carbocycles. The first-order valence-electron chi connectivity index (χ1n) is 9.48. The molecule has 1 saturated carbocycles. The Balaban J connectivity index is 1.52. The zero-order chi connectivity index (χ0) is 17.9. The summed E-state index contributed by atoms with van der Waals surface area (Å²) in [6.45, 7) is 3.72. The molecule has 2 aromatic heterocycles. The van der Waals surface area contributed by atoms with Crippen LogP contribution in [0.1, 0.15) is 43.5 Å². The van der Waals surface area contributed by atoms with Crippen molar-refractivity contribution < 1.29 is 4.79 Å². The fourth-order valence-corrected chi connectivity index (χ4v) is 4.51. The average molecular weight is 346 g/mol. The first-order chi connectivity index (χ1) is 12.6. The highest BCUT2D eigenvalue weighted by atomic mass is 16.2. The molecule has 5 nitrogen and oxygen atoms in total. The number of aromatic nitrogens is 2. The molecule has 2 aromatic rings. The molecule has 3 heterocycles. The van der Waals surface area contributed by atoms with E-state index < -0.39 is 5.41 Å². The maximum Gasteiger partial charge on any atom is 0.243 e. The van der Waals surface area contributed by atoms with Crippen LogP contribution in [0.5, 0.6) is 0 Å². The van der Waals surface area contributed by atoms with Gasteiger partial charge in [-0.1, -0.05) is 19.1 Å². The maximum absolute atomic E-state index is 12.9. The van der Waals surface area contributed by atoms with Gasteiger partial charge in [-0.2, -0.15) is 5.26 Å². The second-order valence-electron chi connectivity index (χ2n) is 8.03. The van der Waals surface area contributed by atoms with E-state index in [0.29, 0.717) is 12.5 Å². The summed E-state index contributed by atoms with van der Waals surface area (Å²) in [7, 11) is 0. The van der Waals surface area contributed by atoms with Crippen LogP contribution in [0.3, 0.4) is 0 Å². The van der Waals surface area contributed by atoms with Crippen LogP contribution in [0, 0.1) is 22.7 Å². The topological polar surface area (TPSA) is 61.9 Å². The molecule has 0 bridgehead atoms. The van der Waals surface area contributed by atoms with Crippen molar-refractivity contribution in [3.05, 3.63) is 35.8 Å². The van der Waals surface area contributed by atoms with Crippen molar-refractivity contribution in [2.24, 2.45) is 11.3 Å². The van der Waals surface area contributed by atoms with Crippen LogP contribution < -0.4 is 0 Å². The summed E-state index contributed by atoms with van der Waals surface area (Å²) in [5, 5.41) is 10.5. The van der Waals surface area contributed by atoms with Gasteiger partial charge in [0.1, 0.15) is 5.41 Å². The number of fused-ring (bicyclic) bond motifs is 3. The van der Waals surface area contributed by atoms with Gasteiger partial charge in [0.2, 0.25) is 5.91 Å². The molecule has 1 amide bonds. The molecule has 0 N–H and O–H groups in total. The highest BCUT2D eigenvalue weighted by Gasteiger charge is 2.53. The Hall–Kier alpha value is -2.61. The summed E-state index contributed by atoms with van der Waals surface area (Å²) in [6, 6.07) is 4.62. The Kier molecular flexibility index (Phi) is 3.27. The predicted molar refractivity (Wildman–Crippen MR) is 99.1 cm³/mol. The number of nitriles is 1. The molecule has 2 atom stereocenters. The zero-order valence-corrected chi connectivity index (χ0v) is 15.0. The molecule has 2 fully saturated rings. The molecule has 26 heavy (non-hydrogen) atoms. The molecule has 0 spiro atoms. The SMILES string of the molecule is C[C@@H]1CCN(C(=O)C2(C#N)CC2)C[C@@H]1n1ccc2cnc3c(c21)C=CC3. The van der Waals surface area contributed by atoms with Crippen molar-refractivity contribution >= 4 is 22.9 Å². The Labute approximate surface area is 152 Å². The van der Waals surface area contributed by atoms with Gasteiger partial charge in [0.25, 0.3) is 0 Å². The van der Waals surface area contributed by atoms with Crippen molar-refractivity contribution in [3.63, 3.8) is 0 Å². The van der Waals surface area contributed by atoms with E-state index in [9.17, 15) is 10.1 Å². The molecule has 0 radical (unpaired) electrons. The van der Waals surface area contributed by atoms with Crippen molar-refractivity contribution in [1.29, 1.82) is 5.26 Å². The first-order valence-corrected chi connectivity index (χ1v) is 9.48. The number of nitrogens with zero attached hydrogens (tertiary/aromatic N) is 4. The van der Waals surface area contributed by atoms with E-state index in [1.54, 1.807) is 0 Å². The average Bonchev–Trinajstić information content (AvgIpc) is 3.11. The maximum atomic E-state index is 12.9. The number of allylic oxidation sites excluding steroid dienone is 1. The van der Waals surface area contributed by atoms with Crippen LogP contribution in [0.2, 0.25) is 0 Å². The summed E-state index contributed by atoms with van der Waals surface area (Å²) >= 11 is 0. The molecule has 132 valence electrons. The lowest BCUT2D eigenvalue weighted by Crippen LogP contribution is -2.46. The minimum Gasteiger partial charge on any atom is -0.342 e. The molecule has 5 rings (SSSR count). The van der Waals surface area contributed by atoms with E-state index in [-0.39, 0.29) is 11.9 Å². The van der Waals surface area contributed by atoms with Gasteiger partial charge in [0.15, 0.2) is 0 Å². The minimum absolute atomic E-state index is 0.0418. The first kappa shape index (κ1) is 15.6. The van der Waals surface area contributed by atoms with E-state index in [0.717, 1.165) is 43.3 Å². The Morgan fingerprint density at radius 1 is 1.42 bits per heavy atom. The Bertz CT molecular complexity index is 976. The van der Waals surface area contributed by atoms with E-state index in [1.165, 1.54) is 11.1 Å². The van der Waals surface area contributed by atoms with Gasteiger partial charge >= 0.3 is 0 Å². The smallest absolute Gasteiger partial charge is 0.243 e. The van der Waals surface area contributed by atoms with E-state index in [4.69, 9.17) is 0 Å². The van der Waals surface area contributed by atoms with Gasteiger partial charge in [-0.05, 0) is 31.2 Å². The Morgan fingerprint density at radius 3 is 3.04 bits per heavy atom. The number of hydrogen-bond acceptors (Lipinski definition) is 3. The molecular weight excluding hydrogens is 324 g/mol. The van der Waals surface area contributed by atoms with Crippen molar-refractivity contribution in [1.82, 2.24) is 14.5 Å². The monoisotopic (exact) mass is 346 g/mol. The van der Waals surface area contributed by atoms with Crippen molar-refractivity contribution in [2.75, 3.05) is 13.1 Å². The molecular formula is C21H22N4O. The highest BCUT2D eigenvalue weighted by Crippen LogP contribution is 2.47. The van der Waals surface area contributed by atoms with Gasteiger partial charge in [-0.3, -0.25) is 9.78 Å². The standard InChI is InChI=1S/C21H22N4O/c1-14-5-9-24(20(26)21(13-22)7-8-21)12-18(14)25-10-6-15-11-23-17-4-2-3-16(17)19(15)25/h2-3,6,10-11,14,18H,4-5,7-9,12H2,1H3/t14-,18+/m1/s1. The number of piperidine rings is 1. The number of rotatable bonds is 2. The van der Waals surface area contributed by atoms with Crippen molar-refractivity contribution in [3.8, 4) is 6.07 Å². The fraction of sp³-hybridized carbons (Fsp3) is 0.476. The summed E-state index contributed by atoms with van der Waals surface area (Å²) < 4.78 is 2.35. The molecule has 3 aliphatic rings. The quantitative estimate of drug-likeness (QED) is 0.838. The van der Waals surface area contributed by atoms with Gasteiger partial charge in [0.05, 0.1) is 23.3 Å². The van der Waals surface area contributed by atoms with Crippen LogP contribution >= 0.6 is 0 Å². The molecule has 1 aliphatic heterocycles. The largest absolute Gasteiger partial charge is 0.342 e. The molecule has 1 saturated heterocycles. The third-order valence-electron chi connectivity index (χ3n) is 6.40. The number of amides is 1. The molecule has 0 aromatic carbocycles. The summed E-state index contributed by atoms with van der Waals surface area (Å²) in [5.74, 6) is 0.529. The summed E-state index contributed by atoms with van der Waals surface area (Å²) in [6.07, 6.45) is 11.7. The van der Waals surface area contributed by atoms with E-state index in [1.807, 2.05) is 11.1 Å². The van der Waals surface area contributed by atoms with E-state index in [2.05, 4.69) is 47.0 Å². The normalized spacial score (nSPS) is 25.9. The van der Waals surface area contributed by atoms with Crippen molar-refractivity contribution in [2.45, 2.75) is 38.6 Å². The minimum atomic E-state index is -0.724. The lowest BCUT2D eigenvalue weighted by molar-refractivity contribution is -0.137. The predicted octanol–water partition coefficient (Wildman–Crippen LogP) is 3.32. The van der Waals surface area contributed by atoms with Crippen LogP contribution in [0.25, 0.3) is 17.0 Å². The number of carbonyl (C=O) groups is 1. The number of carbonyl (C=O) groups excluding carboxylic acids is 1.